The fourth-order valence-electron chi connectivity index (χ4n) is 2.34. The number of benzene rings is 1. The second-order valence-corrected chi connectivity index (χ2v) is 5.49. The van der Waals surface area contributed by atoms with Gasteiger partial charge in [0.2, 0.25) is 0 Å². The Kier molecular flexibility index (Phi) is 4.80. The second-order valence-electron chi connectivity index (χ2n) is 4.54. The summed E-state index contributed by atoms with van der Waals surface area (Å²) in [5.74, 6) is -1.99. The first-order valence-corrected chi connectivity index (χ1v) is 7.18. The Hall–Kier alpha value is -1.78. The van der Waals surface area contributed by atoms with Gasteiger partial charge < -0.3 is 21.9 Å². The standard InChI is InChI=1S/C11H12BF4O5S/c1-5-8(11(17)20-4)6(2)10(21-22(16,18)19)7(3)9(5)12(13,14)15/h1-4H3/q-1. The van der Waals surface area contributed by atoms with Gasteiger partial charge in [0, 0.05) is 5.56 Å². The number of methoxy groups -OCH3 is 1. The first kappa shape index (κ1) is 18.3. The lowest BCUT2D eigenvalue weighted by molar-refractivity contribution is 0.0598. The van der Waals surface area contributed by atoms with Gasteiger partial charge in [-0.3, -0.25) is 0 Å². The third-order valence-electron chi connectivity index (χ3n) is 3.14. The lowest BCUT2D eigenvalue weighted by atomic mass is 9.71. The molecule has 1 aromatic rings. The van der Waals surface area contributed by atoms with Crippen LogP contribution in [0, 0.1) is 20.8 Å². The number of hydrogen-bond donors (Lipinski definition) is 0. The number of halogens is 4. The van der Waals surface area contributed by atoms with E-state index in [1.165, 1.54) is 0 Å². The molecule has 0 bridgehead atoms. The first-order valence-electron chi connectivity index (χ1n) is 5.87. The lowest BCUT2D eigenvalue weighted by Gasteiger charge is -2.26. The SMILES string of the molecule is COC(=O)c1c(C)c(OS(=O)(=O)F)c(C)c([B-](F)(F)F)c1C. The van der Waals surface area contributed by atoms with Gasteiger partial charge in [0.15, 0.2) is 0 Å². The molecule has 0 fully saturated rings. The molecular formula is C11H12BF4O5S-. The van der Waals surface area contributed by atoms with Crippen LogP contribution >= 0.6 is 0 Å². The number of hydrogen-bond acceptors (Lipinski definition) is 5. The predicted molar refractivity (Wildman–Crippen MR) is 71.4 cm³/mol. The minimum atomic E-state index is -5.60. The zero-order valence-corrected chi connectivity index (χ0v) is 12.9. The summed E-state index contributed by atoms with van der Waals surface area (Å²) in [6.45, 7) is -2.47. The molecule has 5 nitrogen and oxygen atoms in total. The Morgan fingerprint density at radius 2 is 1.55 bits per heavy atom. The Morgan fingerprint density at radius 3 is 1.91 bits per heavy atom. The molecule has 0 heterocycles. The summed E-state index contributed by atoms with van der Waals surface area (Å²) in [7, 11) is -4.61. The lowest BCUT2D eigenvalue weighted by Crippen LogP contribution is -2.40. The predicted octanol–water partition coefficient (Wildman–Crippen LogP) is 2.05. The maximum Gasteiger partial charge on any atom is 0.510 e. The van der Waals surface area contributed by atoms with Crippen molar-refractivity contribution in [3.8, 4) is 5.75 Å². The molecular weight excluding hydrogens is 331 g/mol. The zero-order valence-electron chi connectivity index (χ0n) is 12.0. The third-order valence-corrected chi connectivity index (χ3v) is 3.50. The highest BCUT2D eigenvalue weighted by atomic mass is 32.3. The molecule has 0 saturated carbocycles. The van der Waals surface area contributed by atoms with Crippen molar-refractivity contribution in [2.75, 3.05) is 7.11 Å². The van der Waals surface area contributed by atoms with E-state index in [2.05, 4.69) is 8.92 Å². The normalized spacial score (nSPS) is 12.2. The van der Waals surface area contributed by atoms with Crippen LogP contribution in [-0.2, 0) is 15.2 Å². The van der Waals surface area contributed by atoms with Crippen LogP contribution in [-0.4, -0.2) is 28.5 Å². The van der Waals surface area contributed by atoms with E-state index in [9.17, 15) is 30.0 Å². The summed E-state index contributed by atoms with van der Waals surface area (Å²) in [6, 6.07) is 0. The largest absolute Gasteiger partial charge is 0.510 e. The highest BCUT2D eigenvalue weighted by molar-refractivity contribution is 7.81. The van der Waals surface area contributed by atoms with Crippen LogP contribution in [0.5, 0.6) is 5.75 Å². The molecule has 11 heteroatoms. The van der Waals surface area contributed by atoms with Crippen molar-refractivity contribution in [3.63, 3.8) is 0 Å². The van der Waals surface area contributed by atoms with Crippen LogP contribution in [0.1, 0.15) is 27.0 Å². The van der Waals surface area contributed by atoms with Gasteiger partial charge >= 0.3 is 23.5 Å². The van der Waals surface area contributed by atoms with Crippen LogP contribution < -0.4 is 9.65 Å². The number of esters is 1. The van der Waals surface area contributed by atoms with Crippen LogP contribution in [0.25, 0.3) is 0 Å². The topological polar surface area (TPSA) is 69.7 Å². The van der Waals surface area contributed by atoms with Gasteiger partial charge in [-0.2, -0.15) is 8.42 Å². The van der Waals surface area contributed by atoms with Crippen LogP contribution in [0.3, 0.4) is 0 Å². The van der Waals surface area contributed by atoms with Crippen LogP contribution in [0.2, 0.25) is 0 Å². The minimum Gasteiger partial charge on any atom is -0.465 e. The van der Waals surface area contributed by atoms with Gasteiger partial charge in [-0.1, -0.05) is 14.9 Å². The number of rotatable bonds is 4. The van der Waals surface area contributed by atoms with Gasteiger partial charge in [-0.15, -0.1) is 0 Å². The summed E-state index contributed by atoms with van der Waals surface area (Å²) < 4.78 is 82.0. The summed E-state index contributed by atoms with van der Waals surface area (Å²) >= 11 is 0. The van der Waals surface area contributed by atoms with Crippen molar-refractivity contribution in [1.82, 2.24) is 0 Å². The van der Waals surface area contributed by atoms with Gasteiger partial charge in [0.05, 0.1) is 12.7 Å². The fourth-order valence-corrected chi connectivity index (χ4v) is 2.79. The average Bonchev–Trinajstić information content (AvgIpc) is 2.31. The zero-order chi connectivity index (χ0) is 17.5. The van der Waals surface area contributed by atoms with Crippen molar-refractivity contribution in [2.45, 2.75) is 20.8 Å². The summed E-state index contributed by atoms with van der Waals surface area (Å²) in [4.78, 5) is 11.7. The Balaban J connectivity index is 3.90. The molecule has 124 valence electrons. The smallest absolute Gasteiger partial charge is 0.465 e. The van der Waals surface area contributed by atoms with E-state index in [1.54, 1.807) is 0 Å². The summed E-state index contributed by atoms with van der Waals surface area (Å²) in [6.07, 6.45) is 0. The average molecular weight is 343 g/mol. The number of carbonyl (C=O) groups excluding carboxylic acids is 1. The first-order chi connectivity index (χ1) is 9.81. The van der Waals surface area contributed by atoms with Crippen molar-refractivity contribution < 1.29 is 39.0 Å². The molecule has 0 N–H and O–H groups in total. The van der Waals surface area contributed by atoms with Crippen LogP contribution in [0.4, 0.5) is 16.8 Å². The maximum absolute atomic E-state index is 13.2. The van der Waals surface area contributed by atoms with E-state index in [0.29, 0.717) is 0 Å². The quantitative estimate of drug-likeness (QED) is 0.362. The summed E-state index contributed by atoms with van der Waals surface area (Å²) in [5.41, 5.74) is -3.04. The molecule has 0 aliphatic rings. The molecule has 0 saturated heterocycles. The van der Waals surface area contributed by atoms with E-state index < -0.39 is 51.4 Å². The van der Waals surface area contributed by atoms with E-state index in [-0.39, 0.29) is 5.56 Å². The monoisotopic (exact) mass is 343 g/mol. The van der Waals surface area contributed by atoms with E-state index in [1.807, 2.05) is 0 Å². The van der Waals surface area contributed by atoms with Gasteiger partial charge in [-0.25, -0.2) is 4.79 Å². The molecule has 1 aromatic carbocycles. The third kappa shape index (κ3) is 3.51. The second kappa shape index (κ2) is 5.78. The molecule has 0 aliphatic carbocycles. The Morgan fingerprint density at radius 1 is 1.05 bits per heavy atom. The molecule has 22 heavy (non-hydrogen) atoms. The molecule has 0 unspecified atom stereocenters. The van der Waals surface area contributed by atoms with Crippen LogP contribution in [0.15, 0.2) is 0 Å². The van der Waals surface area contributed by atoms with Gasteiger partial charge in [-0.05, 0) is 26.3 Å². The highest BCUT2D eigenvalue weighted by Gasteiger charge is 2.35. The minimum absolute atomic E-state index is 0.258. The van der Waals surface area contributed by atoms with Crippen molar-refractivity contribution in [2.24, 2.45) is 0 Å². The molecule has 0 amide bonds. The fraction of sp³-hybridized carbons (Fsp3) is 0.364. The molecule has 1 rings (SSSR count). The molecule has 0 radical (unpaired) electrons. The summed E-state index contributed by atoms with van der Waals surface area (Å²) in [5, 5.41) is 0. The number of carbonyl (C=O) groups is 1. The van der Waals surface area contributed by atoms with Crippen molar-refractivity contribution in [1.29, 1.82) is 0 Å². The van der Waals surface area contributed by atoms with Gasteiger partial charge in [0.1, 0.15) is 5.75 Å². The molecule has 0 spiro atoms. The van der Waals surface area contributed by atoms with Crippen molar-refractivity contribution in [3.05, 3.63) is 22.3 Å². The van der Waals surface area contributed by atoms with Crippen molar-refractivity contribution >= 4 is 28.9 Å². The maximum atomic E-state index is 13.2. The van der Waals surface area contributed by atoms with E-state index in [0.717, 1.165) is 27.9 Å². The highest BCUT2D eigenvalue weighted by Crippen LogP contribution is 2.32. The number of ether oxygens (including phenoxy) is 1. The molecule has 0 aromatic heterocycles. The molecule has 0 atom stereocenters. The van der Waals surface area contributed by atoms with Gasteiger partial charge in [0.25, 0.3) is 0 Å². The molecule has 0 aliphatic heterocycles. The Labute approximate surface area is 124 Å². The Bertz CT molecular complexity index is 727. The van der Waals surface area contributed by atoms with E-state index in [4.69, 9.17) is 0 Å². The van der Waals surface area contributed by atoms with E-state index >= 15 is 0 Å².